The first-order valence-corrected chi connectivity index (χ1v) is 4.12. The molecule has 3 nitrogen and oxygen atoms in total. The normalized spacial score (nSPS) is 32.2. The quantitative estimate of drug-likeness (QED) is 0.653. The molecule has 0 spiro atoms. The molecule has 1 heterocycles. The number of hydrogen-bond donors (Lipinski definition) is 1. The Balaban J connectivity index is 2.25. The molecule has 2 N–H and O–H groups in total. The van der Waals surface area contributed by atoms with Gasteiger partial charge < -0.3 is 15.2 Å². The number of nitrogens with two attached hydrogens (primary N) is 1. The molecule has 1 unspecified atom stereocenters. The standard InChI is InChI=1S/C8H17NO2/c1-10-6-4-8(9)3-2-5-11-7-8/h2-7,9H2,1H3. The number of rotatable bonds is 3. The molecule has 0 amide bonds. The van der Waals surface area contributed by atoms with Crippen LogP contribution in [0.25, 0.3) is 0 Å². The highest BCUT2D eigenvalue weighted by Crippen LogP contribution is 2.19. The molecule has 66 valence electrons. The maximum atomic E-state index is 6.04. The molecule has 1 fully saturated rings. The smallest absolute Gasteiger partial charge is 0.0647 e. The lowest BCUT2D eigenvalue weighted by Crippen LogP contribution is -2.48. The molecule has 1 rings (SSSR count). The fraction of sp³-hybridized carbons (Fsp3) is 1.00. The van der Waals surface area contributed by atoms with Gasteiger partial charge in [-0.05, 0) is 19.3 Å². The number of methoxy groups -OCH3 is 1. The predicted octanol–water partition coefficient (Wildman–Crippen LogP) is 0.531. The highest BCUT2D eigenvalue weighted by Gasteiger charge is 2.27. The molecule has 0 bridgehead atoms. The number of hydrogen-bond acceptors (Lipinski definition) is 3. The van der Waals surface area contributed by atoms with E-state index in [9.17, 15) is 0 Å². The maximum Gasteiger partial charge on any atom is 0.0647 e. The second-order valence-electron chi connectivity index (χ2n) is 3.26. The molecule has 1 aliphatic heterocycles. The lowest BCUT2D eigenvalue weighted by Gasteiger charge is -2.32. The van der Waals surface area contributed by atoms with Crippen LogP contribution < -0.4 is 5.73 Å². The van der Waals surface area contributed by atoms with Gasteiger partial charge >= 0.3 is 0 Å². The van der Waals surface area contributed by atoms with Gasteiger partial charge in [0.15, 0.2) is 0 Å². The van der Waals surface area contributed by atoms with Crippen molar-refractivity contribution < 1.29 is 9.47 Å². The van der Waals surface area contributed by atoms with E-state index >= 15 is 0 Å². The summed E-state index contributed by atoms with van der Waals surface area (Å²) in [6, 6.07) is 0. The average Bonchev–Trinajstić information content (AvgIpc) is 2.03. The van der Waals surface area contributed by atoms with E-state index < -0.39 is 0 Å². The monoisotopic (exact) mass is 159 g/mol. The van der Waals surface area contributed by atoms with Crippen molar-refractivity contribution in [1.29, 1.82) is 0 Å². The van der Waals surface area contributed by atoms with E-state index in [0.29, 0.717) is 6.61 Å². The summed E-state index contributed by atoms with van der Waals surface area (Å²) < 4.78 is 10.3. The molecular weight excluding hydrogens is 142 g/mol. The van der Waals surface area contributed by atoms with Crippen LogP contribution in [0.3, 0.4) is 0 Å². The Bertz CT molecular complexity index is 111. The zero-order chi connectivity index (χ0) is 8.16. The van der Waals surface area contributed by atoms with Gasteiger partial charge in [-0.25, -0.2) is 0 Å². The lowest BCUT2D eigenvalue weighted by atomic mass is 9.91. The zero-order valence-electron chi connectivity index (χ0n) is 7.14. The second kappa shape index (κ2) is 4.04. The Kier molecular flexibility index (Phi) is 3.30. The summed E-state index contributed by atoms with van der Waals surface area (Å²) >= 11 is 0. The third-order valence-electron chi connectivity index (χ3n) is 2.16. The summed E-state index contributed by atoms with van der Waals surface area (Å²) in [6.45, 7) is 2.29. The number of ether oxygens (including phenoxy) is 2. The molecule has 1 aliphatic rings. The van der Waals surface area contributed by atoms with Gasteiger partial charge in [0.25, 0.3) is 0 Å². The van der Waals surface area contributed by atoms with Gasteiger partial charge in [-0.3, -0.25) is 0 Å². The predicted molar refractivity (Wildman–Crippen MR) is 43.5 cm³/mol. The minimum Gasteiger partial charge on any atom is -0.385 e. The first kappa shape index (κ1) is 8.97. The fourth-order valence-corrected chi connectivity index (χ4v) is 1.38. The van der Waals surface area contributed by atoms with Gasteiger partial charge in [0, 0.05) is 25.9 Å². The summed E-state index contributed by atoms with van der Waals surface area (Å²) in [6.07, 6.45) is 3.06. The topological polar surface area (TPSA) is 44.5 Å². The molecule has 0 aromatic heterocycles. The van der Waals surface area contributed by atoms with Gasteiger partial charge in [-0.2, -0.15) is 0 Å². The van der Waals surface area contributed by atoms with E-state index in [4.69, 9.17) is 15.2 Å². The Morgan fingerprint density at radius 3 is 3.00 bits per heavy atom. The molecular formula is C8H17NO2. The van der Waals surface area contributed by atoms with Crippen LogP contribution in [0, 0.1) is 0 Å². The van der Waals surface area contributed by atoms with Gasteiger partial charge in [0.05, 0.1) is 6.61 Å². The third kappa shape index (κ3) is 2.77. The molecule has 1 saturated heterocycles. The van der Waals surface area contributed by atoms with Crippen molar-refractivity contribution >= 4 is 0 Å². The van der Waals surface area contributed by atoms with Crippen molar-refractivity contribution in [3.8, 4) is 0 Å². The van der Waals surface area contributed by atoms with Crippen LogP contribution in [0.4, 0.5) is 0 Å². The molecule has 0 aromatic rings. The van der Waals surface area contributed by atoms with Crippen molar-refractivity contribution in [2.24, 2.45) is 5.73 Å². The van der Waals surface area contributed by atoms with E-state index in [1.165, 1.54) is 0 Å². The van der Waals surface area contributed by atoms with Crippen LogP contribution in [-0.2, 0) is 9.47 Å². The van der Waals surface area contributed by atoms with Crippen LogP contribution >= 0.6 is 0 Å². The van der Waals surface area contributed by atoms with Crippen LogP contribution in [-0.4, -0.2) is 32.5 Å². The highest BCUT2D eigenvalue weighted by atomic mass is 16.5. The van der Waals surface area contributed by atoms with Crippen LogP contribution in [0.1, 0.15) is 19.3 Å². The van der Waals surface area contributed by atoms with Crippen LogP contribution in [0.15, 0.2) is 0 Å². The van der Waals surface area contributed by atoms with Gasteiger partial charge in [0.2, 0.25) is 0 Å². The van der Waals surface area contributed by atoms with E-state index in [0.717, 1.165) is 32.5 Å². The van der Waals surface area contributed by atoms with E-state index in [1.54, 1.807) is 7.11 Å². The van der Waals surface area contributed by atoms with Gasteiger partial charge in [-0.1, -0.05) is 0 Å². The average molecular weight is 159 g/mol. The van der Waals surface area contributed by atoms with Gasteiger partial charge in [-0.15, -0.1) is 0 Å². The maximum absolute atomic E-state index is 6.04. The summed E-state index contributed by atoms with van der Waals surface area (Å²) in [5.41, 5.74) is 5.92. The van der Waals surface area contributed by atoms with Crippen molar-refractivity contribution in [3.05, 3.63) is 0 Å². The summed E-state index contributed by atoms with van der Waals surface area (Å²) in [7, 11) is 1.70. The van der Waals surface area contributed by atoms with Crippen LogP contribution in [0.2, 0.25) is 0 Å². The summed E-state index contributed by atoms with van der Waals surface area (Å²) in [4.78, 5) is 0. The van der Waals surface area contributed by atoms with E-state index in [-0.39, 0.29) is 5.54 Å². The first-order chi connectivity index (χ1) is 5.27. The summed E-state index contributed by atoms with van der Waals surface area (Å²) in [5.74, 6) is 0. The molecule has 0 aliphatic carbocycles. The Hall–Kier alpha value is -0.120. The Morgan fingerprint density at radius 2 is 2.45 bits per heavy atom. The van der Waals surface area contributed by atoms with Crippen molar-refractivity contribution in [1.82, 2.24) is 0 Å². The van der Waals surface area contributed by atoms with E-state index in [2.05, 4.69) is 0 Å². The van der Waals surface area contributed by atoms with Gasteiger partial charge in [0.1, 0.15) is 0 Å². The molecule has 11 heavy (non-hydrogen) atoms. The first-order valence-electron chi connectivity index (χ1n) is 4.12. The van der Waals surface area contributed by atoms with Crippen molar-refractivity contribution in [2.45, 2.75) is 24.8 Å². The molecule has 1 atom stereocenters. The third-order valence-corrected chi connectivity index (χ3v) is 2.16. The lowest BCUT2D eigenvalue weighted by molar-refractivity contribution is 0.0232. The Labute approximate surface area is 67.9 Å². The van der Waals surface area contributed by atoms with Crippen molar-refractivity contribution in [2.75, 3.05) is 26.9 Å². The van der Waals surface area contributed by atoms with Crippen molar-refractivity contribution in [3.63, 3.8) is 0 Å². The summed E-state index contributed by atoms with van der Waals surface area (Å²) in [5, 5.41) is 0. The molecule has 0 aromatic carbocycles. The molecule has 0 radical (unpaired) electrons. The SMILES string of the molecule is COCCC1(N)CCCOC1. The zero-order valence-corrected chi connectivity index (χ0v) is 7.14. The molecule has 0 saturated carbocycles. The highest BCUT2D eigenvalue weighted by molar-refractivity contribution is 4.85. The minimum absolute atomic E-state index is 0.117. The second-order valence-corrected chi connectivity index (χ2v) is 3.26. The Morgan fingerprint density at radius 1 is 1.64 bits per heavy atom. The van der Waals surface area contributed by atoms with Crippen LogP contribution in [0.5, 0.6) is 0 Å². The van der Waals surface area contributed by atoms with E-state index in [1.807, 2.05) is 0 Å². The fourth-order valence-electron chi connectivity index (χ4n) is 1.38. The largest absolute Gasteiger partial charge is 0.385 e. The molecule has 3 heteroatoms. The minimum atomic E-state index is -0.117.